The number of nitrogens with one attached hydrogen (secondary N) is 2. The Balaban J connectivity index is 1.72. The standard InChI is InChI=1S/C21H33N3O6/c1-20(2,3)30-19(28)24-12-21(7-5-8-21)11-15(24)17(26)23-14(18(27)29-4)10-13-6-9-22-16(13)25/h13-15H,5-12H2,1-4H3,(H,22,25)(H,23,26)/t13-,14?,15-/m0/s1. The SMILES string of the molecule is COC(=O)C(C[C@@H]1CCNC1=O)NC(=O)[C@@H]1CC2(CCC2)CN1C(=O)OC(C)(C)C. The predicted molar refractivity (Wildman–Crippen MR) is 107 cm³/mol. The summed E-state index contributed by atoms with van der Waals surface area (Å²) >= 11 is 0. The van der Waals surface area contributed by atoms with E-state index >= 15 is 0 Å². The van der Waals surface area contributed by atoms with Crippen LogP contribution in [0.1, 0.15) is 59.3 Å². The van der Waals surface area contributed by atoms with Crippen molar-refractivity contribution in [3.8, 4) is 0 Å². The van der Waals surface area contributed by atoms with Crippen LogP contribution in [0.4, 0.5) is 4.79 Å². The first kappa shape index (κ1) is 22.4. The van der Waals surface area contributed by atoms with Gasteiger partial charge in [0.05, 0.1) is 7.11 Å². The lowest BCUT2D eigenvalue weighted by Crippen LogP contribution is -2.52. The summed E-state index contributed by atoms with van der Waals surface area (Å²) < 4.78 is 10.4. The second kappa shape index (κ2) is 8.43. The number of amides is 3. The second-order valence-electron chi connectivity index (χ2n) is 9.78. The molecule has 0 aromatic heterocycles. The topological polar surface area (TPSA) is 114 Å². The maximum atomic E-state index is 13.2. The molecule has 1 unspecified atom stereocenters. The van der Waals surface area contributed by atoms with Gasteiger partial charge in [-0.25, -0.2) is 9.59 Å². The van der Waals surface area contributed by atoms with E-state index in [0.29, 0.717) is 25.9 Å². The van der Waals surface area contributed by atoms with E-state index in [1.54, 1.807) is 20.8 Å². The van der Waals surface area contributed by atoms with Crippen molar-refractivity contribution in [3.63, 3.8) is 0 Å². The molecule has 1 aliphatic carbocycles. The number of esters is 1. The highest BCUT2D eigenvalue weighted by Gasteiger charge is 2.52. The summed E-state index contributed by atoms with van der Waals surface area (Å²) in [5, 5.41) is 5.48. The molecule has 0 aromatic carbocycles. The zero-order valence-corrected chi connectivity index (χ0v) is 18.3. The Morgan fingerprint density at radius 3 is 2.50 bits per heavy atom. The van der Waals surface area contributed by atoms with Gasteiger partial charge < -0.3 is 20.1 Å². The quantitative estimate of drug-likeness (QED) is 0.645. The lowest BCUT2D eigenvalue weighted by molar-refractivity contribution is -0.146. The Kier molecular flexibility index (Phi) is 6.29. The third-order valence-corrected chi connectivity index (χ3v) is 6.34. The Morgan fingerprint density at radius 2 is 2.00 bits per heavy atom. The lowest BCUT2D eigenvalue weighted by Gasteiger charge is -2.37. The Labute approximate surface area is 177 Å². The van der Waals surface area contributed by atoms with Gasteiger partial charge in [-0.1, -0.05) is 6.42 Å². The number of nitrogens with zero attached hydrogens (tertiary/aromatic N) is 1. The highest BCUT2D eigenvalue weighted by Crippen LogP contribution is 2.50. The van der Waals surface area contributed by atoms with Gasteiger partial charge in [0.1, 0.15) is 17.7 Å². The molecule has 2 heterocycles. The first-order valence-electron chi connectivity index (χ1n) is 10.7. The molecule has 3 atom stereocenters. The van der Waals surface area contributed by atoms with Gasteiger partial charge in [0.15, 0.2) is 0 Å². The zero-order valence-electron chi connectivity index (χ0n) is 18.3. The van der Waals surface area contributed by atoms with E-state index in [1.165, 1.54) is 12.0 Å². The summed E-state index contributed by atoms with van der Waals surface area (Å²) in [6, 6.07) is -1.64. The minimum absolute atomic E-state index is 0.0506. The van der Waals surface area contributed by atoms with Gasteiger partial charge in [-0.15, -0.1) is 0 Å². The van der Waals surface area contributed by atoms with Crippen molar-refractivity contribution in [3.05, 3.63) is 0 Å². The Hall–Kier alpha value is -2.32. The van der Waals surface area contributed by atoms with Crippen LogP contribution in [-0.4, -0.2) is 66.7 Å². The van der Waals surface area contributed by atoms with Gasteiger partial charge in [0.2, 0.25) is 11.8 Å². The fourth-order valence-corrected chi connectivity index (χ4v) is 4.62. The van der Waals surface area contributed by atoms with E-state index in [9.17, 15) is 19.2 Å². The molecule has 168 valence electrons. The number of ether oxygens (including phenoxy) is 2. The molecule has 2 N–H and O–H groups in total. The average molecular weight is 424 g/mol. The van der Waals surface area contributed by atoms with Crippen molar-refractivity contribution in [2.75, 3.05) is 20.2 Å². The molecule has 2 aliphatic heterocycles. The molecule has 0 radical (unpaired) electrons. The van der Waals surface area contributed by atoms with Gasteiger partial charge >= 0.3 is 12.1 Å². The van der Waals surface area contributed by atoms with Crippen LogP contribution >= 0.6 is 0 Å². The summed E-state index contributed by atoms with van der Waals surface area (Å²) in [6.07, 6.45) is 3.84. The van der Waals surface area contributed by atoms with Crippen LogP contribution < -0.4 is 10.6 Å². The number of carbonyl (C=O) groups excluding carboxylic acids is 4. The van der Waals surface area contributed by atoms with Crippen molar-refractivity contribution < 1.29 is 28.7 Å². The molecule has 0 bridgehead atoms. The molecular formula is C21H33N3O6. The van der Waals surface area contributed by atoms with E-state index in [0.717, 1.165) is 19.3 Å². The van der Waals surface area contributed by atoms with Crippen molar-refractivity contribution in [2.24, 2.45) is 11.3 Å². The largest absolute Gasteiger partial charge is 0.467 e. The number of rotatable bonds is 5. The minimum Gasteiger partial charge on any atom is -0.467 e. The number of likely N-dealkylation sites (tertiary alicyclic amines) is 1. The first-order valence-corrected chi connectivity index (χ1v) is 10.7. The van der Waals surface area contributed by atoms with Gasteiger partial charge in [0.25, 0.3) is 0 Å². The minimum atomic E-state index is -0.935. The maximum absolute atomic E-state index is 13.2. The van der Waals surface area contributed by atoms with E-state index in [4.69, 9.17) is 9.47 Å². The van der Waals surface area contributed by atoms with Crippen molar-refractivity contribution in [2.45, 2.75) is 77.0 Å². The number of hydrogen-bond acceptors (Lipinski definition) is 6. The van der Waals surface area contributed by atoms with E-state index < -0.39 is 35.7 Å². The van der Waals surface area contributed by atoms with Crippen molar-refractivity contribution in [1.82, 2.24) is 15.5 Å². The van der Waals surface area contributed by atoms with Crippen LogP contribution in [0.25, 0.3) is 0 Å². The summed E-state index contributed by atoms with van der Waals surface area (Å²) in [6.45, 7) is 6.40. The van der Waals surface area contributed by atoms with Crippen LogP contribution in [-0.2, 0) is 23.9 Å². The third-order valence-electron chi connectivity index (χ3n) is 6.34. The molecular weight excluding hydrogens is 390 g/mol. The van der Waals surface area contributed by atoms with Gasteiger partial charge in [-0.3, -0.25) is 14.5 Å². The molecule has 30 heavy (non-hydrogen) atoms. The zero-order chi connectivity index (χ0) is 22.1. The third kappa shape index (κ3) is 4.87. The highest BCUT2D eigenvalue weighted by atomic mass is 16.6. The van der Waals surface area contributed by atoms with Crippen molar-refractivity contribution in [1.29, 1.82) is 0 Å². The Bertz CT molecular complexity index is 712. The molecule has 3 fully saturated rings. The predicted octanol–water partition coefficient (Wildman–Crippen LogP) is 1.35. The van der Waals surface area contributed by atoms with Crippen LogP contribution in [0, 0.1) is 11.3 Å². The van der Waals surface area contributed by atoms with Crippen LogP contribution in [0.15, 0.2) is 0 Å². The maximum Gasteiger partial charge on any atom is 0.410 e. The highest BCUT2D eigenvalue weighted by molar-refractivity contribution is 5.91. The van der Waals surface area contributed by atoms with Crippen molar-refractivity contribution >= 4 is 23.9 Å². The number of methoxy groups -OCH3 is 1. The fraction of sp³-hybridized carbons (Fsp3) is 0.810. The summed E-state index contributed by atoms with van der Waals surface area (Å²) in [5.41, 5.74) is -0.719. The molecule has 3 amide bonds. The normalized spacial score (nSPS) is 26.0. The monoisotopic (exact) mass is 423 g/mol. The second-order valence-corrected chi connectivity index (χ2v) is 9.78. The first-order chi connectivity index (χ1) is 14.0. The molecule has 9 nitrogen and oxygen atoms in total. The smallest absolute Gasteiger partial charge is 0.410 e. The van der Waals surface area contributed by atoms with Gasteiger partial charge in [0, 0.05) is 19.0 Å². The summed E-state index contributed by atoms with van der Waals surface area (Å²) in [5.74, 6) is -1.47. The van der Waals surface area contributed by atoms with Crippen LogP contribution in [0.5, 0.6) is 0 Å². The van der Waals surface area contributed by atoms with E-state index in [-0.39, 0.29) is 23.7 Å². The Morgan fingerprint density at radius 1 is 1.30 bits per heavy atom. The fourth-order valence-electron chi connectivity index (χ4n) is 4.62. The number of carbonyl (C=O) groups is 4. The molecule has 3 aliphatic rings. The molecule has 0 aromatic rings. The van der Waals surface area contributed by atoms with E-state index in [2.05, 4.69) is 10.6 Å². The summed E-state index contributed by atoms with van der Waals surface area (Å²) in [4.78, 5) is 51.7. The average Bonchev–Trinajstić information content (AvgIpc) is 3.23. The lowest BCUT2D eigenvalue weighted by atomic mass is 9.67. The van der Waals surface area contributed by atoms with Crippen LogP contribution in [0.3, 0.4) is 0 Å². The van der Waals surface area contributed by atoms with Gasteiger partial charge in [-0.2, -0.15) is 0 Å². The van der Waals surface area contributed by atoms with E-state index in [1.807, 2.05) is 0 Å². The molecule has 1 saturated carbocycles. The molecule has 2 saturated heterocycles. The summed E-state index contributed by atoms with van der Waals surface area (Å²) in [7, 11) is 1.25. The van der Waals surface area contributed by atoms with Gasteiger partial charge in [-0.05, 0) is 58.3 Å². The molecule has 9 heteroatoms. The number of hydrogen-bond donors (Lipinski definition) is 2. The molecule has 1 spiro atoms. The molecule has 3 rings (SSSR count). The van der Waals surface area contributed by atoms with Crippen LogP contribution in [0.2, 0.25) is 0 Å².